The maximum atomic E-state index is 12.5. The molecule has 2 aromatic carbocycles. The molecule has 0 bridgehead atoms. The van der Waals surface area contributed by atoms with Gasteiger partial charge in [-0.3, -0.25) is 9.69 Å². The summed E-state index contributed by atoms with van der Waals surface area (Å²) < 4.78 is 1.25. The first-order valence-corrected chi connectivity index (χ1v) is 9.90. The van der Waals surface area contributed by atoms with Crippen LogP contribution >= 0.6 is 11.3 Å². The van der Waals surface area contributed by atoms with E-state index in [0.29, 0.717) is 19.5 Å². The maximum Gasteiger partial charge on any atom is 0.321 e. The van der Waals surface area contributed by atoms with Crippen LogP contribution in [0.4, 0.5) is 16.2 Å². The average Bonchev–Trinajstić information content (AvgIpc) is 3.22. The summed E-state index contributed by atoms with van der Waals surface area (Å²) in [4.78, 5) is 27.4. The highest BCUT2D eigenvalue weighted by atomic mass is 32.1. The molecule has 6 heteroatoms. The van der Waals surface area contributed by atoms with Crippen LogP contribution in [0.2, 0.25) is 0 Å². The summed E-state index contributed by atoms with van der Waals surface area (Å²) in [6.45, 7) is 3.42. The van der Waals surface area contributed by atoms with Gasteiger partial charge < -0.3 is 10.6 Å². The van der Waals surface area contributed by atoms with Crippen molar-refractivity contribution in [1.29, 1.82) is 0 Å². The van der Waals surface area contributed by atoms with Crippen LogP contribution in [0.15, 0.2) is 42.5 Å². The van der Waals surface area contributed by atoms with E-state index in [-0.39, 0.29) is 17.9 Å². The lowest BCUT2D eigenvalue weighted by Gasteiger charge is -2.28. The molecule has 3 heterocycles. The summed E-state index contributed by atoms with van der Waals surface area (Å²) >= 11 is 1.78. The van der Waals surface area contributed by atoms with Gasteiger partial charge in [0.2, 0.25) is 5.91 Å². The molecular weight excluding hydrogens is 358 g/mol. The Hall–Kier alpha value is -2.86. The molecule has 1 saturated heterocycles. The minimum atomic E-state index is -0.0895. The summed E-state index contributed by atoms with van der Waals surface area (Å²) in [7, 11) is 0. The third-order valence-corrected chi connectivity index (χ3v) is 6.51. The number of nitrogens with zero attached hydrogens (tertiary/aromatic N) is 1. The van der Waals surface area contributed by atoms with E-state index in [9.17, 15) is 9.59 Å². The quantitative estimate of drug-likeness (QED) is 0.703. The minimum absolute atomic E-state index is 0.0187. The van der Waals surface area contributed by atoms with Gasteiger partial charge in [0.05, 0.1) is 0 Å². The number of carbonyl (C=O) groups is 2. The van der Waals surface area contributed by atoms with Crippen LogP contribution in [0, 0.1) is 6.92 Å². The molecule has 2 aliphatic rings. The molecule has 5 nitrogen and oxygen atoms in total. The third-order valence-electron chi connectivity index (χ3n) is 5.41. The molecule has 3 aromatic rings. The first kappa shape index (κ1) is 16.3. The molecule has 1 atom stereocenters. The second kappa shape index (κ2) is 6.09. The molecule has 2 aliphatic heterocycles. The monoisotopic (exact) mass is 377 g/mol. The standard InChI is InChI=1S/C21H19N3O2S/c1-12-20(15-4-2-3-5-18(15)27-12)16-11-19(25)23-17-10-13(6-7-14(16)17)24-9-8-22-21(24)26/h2-7,10,16H,8-9,11H2,1H3,(H,22,26)(H,23,25)/t16-/m0/s1. The van der Waals surface area contributed by atoms with Crippen molar-refractivity contribution in [3.63, 3.8) is 0 Å². The Morgan fingerprint density at radius 1 is 1.15 bits per heavy atom. The molecule has 0 aliphatic carbocycles. The summed E-state index contributed by atoms with van der Waals surface area (Å²) in [5.74, 6) is 0.0524. The first-order valence-electron chi connectivity index (χ1n) is 9.09. The van der Waals surface area contributed by atoms with Gasteiger partial charge in [0, 0.05) is 46.4 Å². The molecule has 2 N–H and O–H groups in total. The highest BCUT2D eigenvalue weighted by Gasteiger charge is 2.31. The fraction of sp³-hybridized carbons (Fsp3) is 0.238. The number of amides is 3. The number of hydrogen-bond acceptors (Lipinski definition) is 3. The number of benzene rings is 2. The van der Waals surface area contributed by atoms with Gasteiger partial charge in [-0.2, -0.15) is 0 Å². The number of nitrogens with one attached hydrogen (secondary N) is 2. The van der Waals surface area contributed by atoms with Crippen molar-refractivity contribution >= 4 is 44.7 Å². The predicted molar refractivity (Wildman–Crippen MR) is 109 cm³/mol. The number of hydrogen-bond donors (Lipinski definition) is 2. The van der Waals surface area contributed by atoms with Crippen LogP contribution in [-0.2, 0) is 4.79 Å². The zero-order valence-corrected chi connectivity index (χ0v) is 15.7. The third kappa shape index (κ3) is 2.59. The Balaban J connectivity index is 1.63. The molecule has 5 rings (SSSR count). The van der Waals surface area contributed by atoms with Crippen LogP contribution in [-0.4, -0.2) is 25.0 Å². The number of carbonyl (C=O) groups excluding carboxylic acids is 2. The van der Waals surface area contributed by atoms with Crippen LogP contribution in [0.5, 0.6) is 0 Å². The van der Waals surface area contributed by atoms with E-state index in [1.54, 1.807) is 16.2 Å². The Bertz CT molecular complexity index is 1090. The summed E-state index contributed by atoms with van der Waals surface area (Å²) in [5.41, 5.74) is 3.99. The van der Waals surface area contributed by atoms with Crippen molar-refractivity contribution in [1.82, 2.24) is 5.32 Å². The Morgan fingerprint density at radius 2 is 2.00 bits per heavy atom. The van der Waals surface area contributed by atoms with Gasteiger partial charge >= 0.3 is 6.03 Å². The molecule has 0 radical (unpaired) electrons. The predicted octanol–water partition coefficient (Wildman–Crippen LogP) is 4.21. The van der Waals surface area contributed by atoms with Gasteiger partial charge in [0.25, 0.3) is 0 Å². The number of anilines is 2. The number of aryl methyl sites for hydroxylation is 1. The van der Waals surface area contributed by atoms with Crippen molar-refractivity contribution in [3.05, 3.63) is 58.5 Å². The van der Waals surface area contributed by atoms with Crippen LogP contribution < -0.4 is 15.5 Å². The molecule has 0 saturated carbocycles. The number of urea groups is 1. The van der Waals surface area contributed by atoms with Crippen LogP contribution in [0.1, 0.15) is 28.3 Å². The normalized spacial score (nSPS) is 19.1. The van der Waals surface area contributed by atoms with Crippen molar-refractivity contribution in [2.75, 3.05) is 23.3 Å². The first-order chi connectivity index (χ1) is 13.1. The SMILES string of the molecule is Cc1sc2ccccc2c1[C@H]1CC(=O)Nc2cc(N3CCNC3=O)ccc21. The minimum Gasteiger partial charge on any atom is -0.336 e. The fourth-order valence-corrected chi connectivity index (χ4v) is 5.34. The largest absolute Gasteiger partial charge is 0.336 e. The maximum absolute atomic E-state index is 12.5. The van der Waals surface area contributed by atoms with Gasteiger partial charge in [-0.25, -0.2) is 4.79 Å². The summed E-state index contributed by atoms with van der Waals surface area (Å²) in [6, 6.07) is 14.3. The van der Waals surface area contributed by atoms with Gasteiger partial charge in [-0.1, -0.05) is 24.3 Å². The molecule has 136 valence electrons. The number of thiophene rings is 1. The summed E-state index contributed by atoms with van der Waals surface area (Å²) in [5, 5.41) is 7.05. The Morgan fingerprint density at radius 3 is 2.81 bits per heavy atom. The molecule has 27 heavy (non-hydrogen) atoms. The van der Waals surface area contributed by atoms with Crippen molar-refractivity contribution in [3.8, 4) is 0 Å². The fourth-order valence-electron chi connectivity index (χ4n) is 4.22. The Labute approximate surface area is 161 Å². The van der Waals surface area contributed by atoms with E-state index >= 15 is 0 Å². The highest BCUT2D eigenvalue weighted by molar-refractivity contribution is 7.19. The summed E-state index contributed by atoms with van der Waals surface area (Å²) in [6.07, 6.45) is 0.443. The molecular formula is C21H19N3O2S. The van der Waals surface area contributed by atoms with Crippen LogP contribution in [0.3, 0.4) is 0 Å². The second-order valence-corrected chi connectivity index (χ2v) is 8.28. The van der Waals surface area contributed by atoms with E-state index in [2.05, 4.69) is 47.9 Å². The van der Waals surface area contributed by atoms with Gasteiger partial charge in [-0.15, -0.1) is 11.3 Å². The zero-order chi connectivity index (χ0) is 18.5. The molecule has 1 fully saturated rings. The molecule has 0 spiro atoms. The van der Waals surface area contributed by atoms with Crippen molar-refractivity contribution < 1.29 is 9.59 Å². The molecule has 1 aromatic heterocycles. The zero-order valence-electron chi connectivity index (χ0n) is 14.9. The Kier molecular flexibility index (Phi) is 3.68. The lowest BCUT2D eigenvalue weighted by Crippen LogP contribution is -2.28. The number of rotatable bonds is 2. The van der Waals surface area contributed by atoms with Crippen molar-refractivity contribution in [2.45, 2.75) is 19.3 Å². The van der Waals surface area contributed by atoms with Crippen molar-refractivity contribution in [2.24, 2.45) is 0 Å². The smallest absolute Gasteiger partial charge is 0.321 e. The number of fused-ring (bicyclic) bond motifs is 2. The highest BCUT2D eigenvalue weighted by Crippen LogP contribution is 2.45. The van der Waals surface area contributed by atoms with E-state index in [4.69, 9.17) is 0 Å². The lowest BCUT2D eigenvalue weighted by atomic mass is 9.83. The van der Waals surface area contributed by atoms with E-state index in [1.165, 1.54) is 20.5 Å². The van der Waals surface area contributed by atoms with E-state index in [1.807, 2.05) is 12.1 Å². The van der Waals surface area contributed by atoms with Gasteiger partial charge in [0.15, 0.2) is 0 Å². The topological polar surface area (TPSA) is 61.4 Å². The average molecular weight is 377 g/mol. The van der Waals surface area contributed by atoms with Crippen LogP contribution in [0.25, 0.3) is 10.1 Å². The van der Waals surface area contributed by atoms with E-state index in [0.717, 1.165) is 16.9 Å². The van der Waals surface area contributed by atoms with Gasteiger partial charge in [-0.05, 0) is 41.6 Å². The lowest BCUT2D eigenvalue weighted by molar-refractivity contribution is -0.116. The molecule has 0 unspecified atom stereocenters. The molecule has 3 amide bonds. The van der Waals surface area contributed by atoms with E-state index < -0.39 is 0 Å². The second-order valence-electron chi connectivity index (χ2n) is 7.03. The van der Waals surface area contributed by atoms with Gasteiger partial charge in [0.1, 0.15) is 0 Å².